The summed E-state index contributed by atoms with van der Waals surface area (Å²) in [5.41, 5.74) is 3.02. The normalized spacial score (nSPS) is 19.0. The molecule has 1 amide bonds. The molecular formula is C15H21NO5S. The number of carbonyl (C=O) groups excluding carboxylic acids is 1. The molecule has 0 spiro atoms. The van der Waals surface area contributed by atoms with Crippen molar-refractivity contribution in [3.8, 4) is 0 Å². The van der Waals surface area contributed by atoms with Gasteiger partial charge in [-0.25, -0.2) is 13.1 Å². The second kappa shape index (κ2) is 6.36. The third-order valence-corrected chi connectivity index (χ3v) is 5.53. The fraction of sp³-hybridized carbons (Fsp3) is 0.533. The van der Waals surface area contributed by atoms with Crippen molar-refractivity contribution in [2.24, 2.45) is 0 Å². The lowest BCUT2D eigenvalue weighted by Gasteiger charge is -2.23. The summed E-state index contributed by atoms with van der Waals surface area (Å²) >= 11 is 0. The number of hydrogen-bond donors (Lipinski definition) is 1. The molecule has 6 nitrogen and oxygen atoms in total. The van der Waals surface area contributed by atoms with E-state index in [4.69, 9.17) is 9.47 Å². The zero-order chi connectivity index (χ0) is 16.5. The van der Waals surface area contributed by atoms with E-state index < -0.39 is 22.0 Å². The molecule has 0 bridgehead atoms. The minimum absolute atomic E-state index is 0.0617. The molecule has 1 heterocycles. The standard InChI is InChI=1S/C15H21NO5S/c1-9-7-10(2)12(4)14(11(9)3)22(18,19)16-15(17)13-8-20-5-6-21-13/h7,13H,5-6,8H2,1-4H3,(H,16,17). The van der Waals surface area contributed by atoms with Gasteiger partial charge in [0.25, 0.3) is 15.9 Å². The molecule has 22 heavy (non-hydrogen) atoms. The van der Waals surface area contributed by atoms with Crippen molar-refractivity contribution in [2.45, 2.75) is 38.7 Å². The molecule has 7 heteroatoms. The van der Waals surface area contributed by atoms with Crippen molar-refractivity contribution >= 4 is 15.9 Å². The summed E-state index contributed by atoms with van der Waals surface area (Å²) in [5, 5.41) is 0. The van der Waals surface area contributed by atoms with E-state index in [2.05, 4.69) is 4.72 Å². The van der Waals surface area contributed by atoms with E-state index in [9.17, 15) is 13.2 Å². The van der Waals surface area contributed by atoms with E-state index in [1.54, 1.807) is 13.8 Å². The molecule has 0 aliphatic carbocycles. The highest BCUT2D eigenvalue weighted by atomic mass is 32.2. The molecular weight excluding hydrogens is 306 g/mol. The Morgan fingerprint density at radius 2 is 1.73 bits per heavy atom. The molecule has 1 unspecified atom stereocenters. The molecule has 0 radical (unpaired) electrons. The van der Waals surface area contributed by atoms with Crippen LogP contribution in [0, 0.1) is 27.7 Å². The lowest BCUT2D eigenvalue weighted by Crippen LogP contribution is -2.45. The van der Waals surface area contributed by atoms with Gasteiger partial charge in [0, 0.05) is 0 Å². The van der Waals surface area contributed by atoms with Crippen LogP contribution in [0.5, 0.6) is 0 Å². The molecule has 2 rings (SSSR count). The quantitative estimate of drug-likeness (QED) is 0.900. The number of amides is 1. The molecule has 1 atom stereocenters. The number of ether oxygens (including phenoxy) is 2. The van der Waals surface area contributed by atoms with Gasteiger partial charge in [0.05, 0.1) is 24.7 Å². The zero-order valence-corrected chi connectivity index (χ0v) is 14.0. The van der Waals surface area contributed by atoms with E-state index in [1.807, 2.05) is 19.9 Å². The monoisotopic (exact) mass is 327 g/mol. The number of hydrogen-bond acceptors (Lipinski definition) is 5. The smallest absolute Gasteiger partial charge is 0.265 e. The molecule has 1 fully saturated rings. The number of aryl methyl sites for hydroxylation is 2. The van der Waals surface area contributed by atoms with Crippen molar-refractivity contribution in [2.75, 3.05) is 19.8 Å². The highest BCUT2D eigenvalue weighted by Gasteiger charge is 2.29. The first-order chi connectivity index (χ1) is 10.2. The van der Waals surface area contributed by atoms with Gasteiger partial charge in [-0.1, -0.05) is 6.07 Å². The Bertz CT molecular complexity index is 664. The SMILES string of the molecule is Cc1cc(C)c(C)c(S(=O)(=O)NC(=O)C2COCCO2)c1C. The van der Waals surface area contributed by atoms with Gasteiger partial charge in [-0.3, -0.25) is 4.79 Å². The highest BCUT2D eigenvalue weighted by molar-refractivity contribution is 7.90. The maximum absolute atomic E-state index is 12.6. The van der Waals surface area contributed by atoms with Gasteiger partial charge in [0.2, 0.25) is 0 Å². The van der Waals surface area contributed by atoms with Gasteiger partial charge >= 0.3 is 0 Å². The number of sulfonamides is 1. The van der Waals surface area contributed by atoms with Crippen LogP contribution >= 0.6 is 0 Å². The maximum Gasteiger partial charge on any atom is 0.265 e. The van der Waals surface area contributed by atoms with Gasteiger partial charge in [0.15, 0.2) is 6.10 Å². The van der Waals surface area contributed by atoms with Crippen LogP contribution in [0.3, 0.4) is 0 Å². The first-order valence-corrected chi connectivity index (χ1v) is 8.55. The Labute approximate surface area is 130 Å². The minimum Gasteiger partial charge on any atom is -0.376 e. The van der Waals surface area contributed by atoms with Crippen LogP contribution in [-0.2, 0) is 24.3 Å². The first-order valence-electron chi connectivity index (χ1n) is 7.07. The van der Waals surface area contributed by atoms with Crippen molar-refractivity contribution in [1.82, 2.24) is 4.72 Å². The molecule has 122 valence electrons. The number of carbonyl (C=O) groups is 1. The average molecular weight is 327 g/mol. The first kappa shape index (κ1) is 16.9. The Morgan fingerprint density at radius 1 is 1.14 bits per heavy atom. The Kier molecular flexibility index (Phi) is 4.89. The Balaban J connectivity index is 2.33. The summed E-state index contributed by atoms with van der Waals surface area (Å²) in [4.78, 5) is 12.2. The van der Waals surface area contributed by atoms with Crippen LogP contribution < -0.4 is 4.72 Å². The molecule has 1 saturated heterocycles. The summed E-state index contributed by atoms with van der Waals surface area (Å²) in [7, 11) is -3.95. The molecule has 0 saturated carbocycles. The van der Waals surface area contributed by atoms with E-state index in [-0.39, 0.29) is 18.1 Å². The zero-order valence-electron chi connectivity index (χ0n) is 13.2. The highest BCUT2D eigenvalue weighted by Crippen LogP contribution is 2.26. The summed E-state index contributed by atoms with van der Waals surface area (Å²) in [5.74, 6) is -0.697. The van der Waals surface area contributed by atoms with Gasteiger partial charge in [-0.05, 0) is 49.9 Å². The van der Waals surface area contributed by atoms with Gasteiger partial charge in [-0.2, -0.15) is 0 Å². The van der Waals surface area contributed by atoms with Gasteiger partial charge in [0.1, 0.15) is 0 Å². The van der Waals surface area contributed by atoms with Crippen LogP contribution in [0.15, 0.2) is 11.0 Å². The molecule has 1 aromatic carbocycles. The average Bonchev–Trinajstić information content (AvgIpc) is 2.45. The van der Waals surface area contributed by atoms with Crippen molar-refractivity contribution < 1.29 is 22.7 Å². The fourth-order valence-electron chi connectivity index (χ4n) is 2.47. The van der Waals surface area contributed by atoms with Gasteiger partial charge < -0.3 is 9.47 Å². The Hall–Kier alpha value is -1.44. The fourth-order valence-corrected chi connectivity index (χ4v) is 4.10. The second-order valence-corrected chi connectivity index (χ2v) is 7.11. The van der Waals surface area contributed by atoms with E-state index >= 15 is 0 Å². The number of nitrogens with one attached hydrogen (secondary N) is 1. The molecule has 1 aliphatic heterocycles. The lowest BCUT2D eigenvalue weighted by atomic mass is 10.0. The van der Waals surface area contributed by atoms with Crippen molar-refractivity contribution in [3.05, 3.63) is 28.3 Å². The van der Waals surface area contributed by atoms with Crippen LogP contribution in [-0.4, -0.2) is 40.2 Å². The third-order valence-electron chi connectivity index (χ3n) is 3.91. The summed E-state index contributed by atoms with van der Waals surface area (Å²) < 4.78 is 37.7. The number of rotatable bonds is 3. The maximum atomic E-state index is 12.6. The largest absolute Gasteiger partial charge is 0.376 e. The summed E-state index contributed by atoms with van der Waals surface area (Å²) in [6, 6.07) is 1.93. The van der Waals surface area contributed by atoms with Gasteiger partial charge in [-0.15, -0.1) is 0 Å². The van der Waals surface area contributed by atoms with Crippen LogP contribution in [0.2, 0.25) is 0 Å². The van der Waals surface area contributed by atoms with Crippen LogP contribution in [0.25, 0.3) is 0 Å². The number of benzene rings is 1. The van der Waals surface area contributed by atoms with E-state index in [1.165, 1.54) is 0 Å². The molecule has 1 aromatic rings. The summed E-state index contributed by atoms with van der Waals surface area (Å²) in [6.45, 7) is 7.92. The lowest BCUT2D eigenvalue weighted by molar-refractivity contribution is -0.145. The molecule has 0 aromatic heterocycles. The van der Waals surface area contributed by atoms with Crippen LogP contribution in [0.1, 0.15) is 22.3 Å². The third kappa shape index (κ3) is 3.31. The Morgan fingerprint density at radius 3 is 2.23 bits per heavy atom. The molecule has 1 N–H and O–H groups in total. The van der Waals surface area contributed by atoms with E-state index in [0.717, 1.165) is 11.1 Å². The van der Waals surface area contributed by atoms with E-state index in [0.29, 0.717) is 17.7 Å². The minimum atomic E-state index is -3.95. The predicted octanol–water partition coefficient (Wildman–Crippen LogP) is 1.14. The predicted molar refractivity (Wildman–Crippen MR) is 81.3 cm³/mol. The topological polar surface area (TPSA) is 81.7 Å². The molecule has 1 aliphatic rings. The second-order valence-electron chi connectivity index (χ2n) is 5.49. The van der Waals surface area contributed by atoms with Crippen molar-refractivity contribution in [3.63, 3.8) is 0 Å². The summed E-state index contributed by atoms with van der Waals surface area (Å²) in [6.07, 6.45) is -0.893. The van der Waals surface area contributed by atoms with Crippen molar-refractivity contribution in [1.29, 1.82) is 0 Å². The van der Waals surface area contributed by atoms with Crippen LogP contribution in [0.4, 0.5) is 0 Å².